The second kappa shape index (κ2) is 10.7. The van der Waals surface area contributed by atoms with Crippen molar-refractivity contribution in [3.8, 4) is 0 Å². The molecule has 22 heavy (non-hydrogen) atoms. The van der Waals surface area contributed by atoms with E-state index in [1.807, 2.05) is 0 Å². The zero-order valence-corrected chi connectivity index (χ0v) is 15.6. The Hall–Kier alpha value is -0.0300. The third kappa shape index (κ3) is 6.23. The molecule has 2 fully saturated rings. The first kappa shape index (κ1) is 22.0. The van der Waals surface area contributed by atoms with Gasteiger partial charge in [-0.3, -0.25) is 4.79 Å². The Morgan fingerprint density at radius 1 is 1.14 bits per heavy atom. The molecule has 1 amide bonds. The van der Waals surface area contributed by atoms with E-state index < -0.39 is 0 Å². The molecule has 6 heteroatoms. The van der Waals surface area contributed by atoms with Crippen molar-refractivity contribution in [1.82, 2.24) is 10.2 Å². The van der Waals surface area contributed by atoms with E-state index in [0.29, 0.717) is 6.04 Å². The van der Waals surface area contributed by atoms with Crippen LogP contribution >= 0.6 is 24.8 Å². The molecule has 132 valence electrons. The van der Waals surface area contributed by atoms with Crippen LogP contribution in [0.3, 0.4) is 0 Å². The third-order valence-corrected chi connectivity index (χ3v) is 5.19. The zero-order chi connectivity index (χ0) is 14.5. The van der Waals surface area contributed by atoms with Crippen LogP contribution in [0.5, 0.6) is 0 Å². The van der Waals surface area contributed by atoms with Crippen molar-refractivity contribution in [2.24, 2.45) is 17.6 Å². The fourth-order valence-electron chi connectivity index (χ4n) is 3.89. The molecule has 0 aliphatic heterocycles. The number of amides is 1. The van der Waals surface area contributed by atoms with Gasteiger partial charge in [0, 0.05) is 24.5 Å². The minimum Gasteiger partial charge on any atom is -0.354 e. The Bertz CT molecular complexity index is 323. The van der Waals surface area contributed by atoms with Crippen molar-refractivity contribution in [3.63, 3.8) is 0 Å². The quantitative estimate of drug-likeness (QED) is 0.798. The fourth-order valence-corrected chi connectivity index (χ4v) is 3.89. The molecule has 3 unspecified atom stereocenters. The van der Waals surface area contributed by atoms with Gasteiger partial charge in [0.15, 0.2) is 0 Å². The maximum atomic E-state index is 12.2. The minimum absolute atomic E-state index is 0. The highest BCUT2D eigenvalue weighted by molar-refractivity contribution is 5.85. The second-order valence-electron chi connectivity index (χ2n) is 6.94. The number of halogens is 2. The van der Waals surface area contributed by atoms with E-state index >= 15 is 0 Å². The maximum Gasteiger partial charge on any atom is 0.223 e. The average molecular weight is 354 g/mol. The lowest BCUT2D eigenvalue weighted by atomic mass is 9.83. The molecule has 0 aromatic rings. The first-order chi connectivity index (χ1) is 9.58. The van der Waals surface area contributed by atoms with Crippen LogP contribution in [-0.2, 0) is 4.79 Å². The van der Waals surface area contributed by atoms with Crippen LogP contribution in [0, 0.1) is 11.8 Å². The summed E-state index contributed by atoms with van der Waals surface area (Å²) in [7, 11) is 4.27. The summed E-state index contributed by atoms with van der Waals surface area (Å²) in [6.07, 6.45) is 9.52. The Labute approximate surface area is 147 Å². The van der Waals surface area contributed by atoms with Crippen molar-refractivity contribution in [2.45, 2.75) is 63.5 Å². The normalized spacial score (nSPS) is 26.9. The number of nitrogens with two attached hydrogens (primary N) is 1. The summed E-state index contributed by atoms with van der Waals surface area (Å²) < 4.78 is 0. The zero-order valence-electron chi connectivity index (χ0n) is 13.9. The molecular formula is C16H33Cl2N3O. The van der Waals surface area contributed by atoms with E-state index in [9.17, 15) is 4.79 Å². The molecular weight excluding hydrogens is 321 g/mol. The van der Waals surface area contributed by atoms with Gasteiger partial charge < -0.3 is 16.0 Å². The van der Waals surface area contributed by atoms with E-state index in [4.69, 9.17) is 5.73 Å². The van der Waals surface area contributed by atoms with Gasteiger partial charge in [0.2, 0.25) is 5.91 Å². The van der Waals surface area contributed by atoms with Crippen LogP contribution < -0.4 is 11.1 Å². The fraction of sp³-hybridized carbons (Fsp3) is 0.938. The van der Waals surface area contributed by atoms with E-state index in [0.717, 1.165) is 31.7 Å². The predicted molar refractivity (Wildman–Crippen MR) is 96.9 cm³/mol. The second-order valence-corrected chi connectivity index (χ2v) is 6.94. The molecule has 0 aromatic carbocycles. The Morgan fingerprint density at radius 2 is 1.77 bits per heavy atom. The Kier molecular flexibility index (Phi) is 10.7. The van der Waals surface area contributed by atoms with Gasteiger partial charge in [-0.05, 0) is 52.1 Å². The number of likely N-dealkylation sites (N-methyl/N-ethyl adjacent to an activating group) is 1. The smallest absolute Gasteiger partial charge is 0.223 e. The number of rotatable bonds is 5. The van der Waals surface area contributed by atoms with Crippen molar-refractivity contribution in [2.75, 3.05) is 20.6 Å². The molecule has 4 nitrogen and oxygen atoms in total. The van der Waals surface area contributed by atoms with Gasteiger partial charge in [0.1, 0.15) is 0 Å². The summed E-state index contributed by atoms with van der Waals surface area (Å²) in [6, 6.07) is 0.711. The molecule has 3 atom stereocenters. The molecule has 2 aliphatic rings. The number of carbonyl (C=O) groups excluding carboxylic acids is 1. The van der Waals surface area contributed by atoms with Crippen molar-refractivity contribution in [1.29, 1.82) is 0 Å². The minimum atomic E-state index is 0. The van der Waals surface area contributed by atoms with Crippen LogP contribution in [0.15, 0.2) is 0 Å². The molecule has 2 saturated carbocycles. The van der Waals surface area contributed by atoms with Crippen LogP contribution in [0.25, 0.3) is 0 Å². The highest BCUT2D eigenvalue weighted by atomic mass is 35.5. The maximum absolute atomic E-state index is 12.2. The van der Waals surface area contributed by atoms with Gasteiger partial charge >= 0.3 is 0 Å². The summed E-state index contributed by atoms with van der Waals surface area (Å²) in [6.45, 7) is 0.794. The first-order valence-corrected chi connectivity index (χ1v) is 8.27. The molecule has 0 spiro atoms. The Morgan fingerprint density at radius 3 is 2.27 bits per heavy atom. The standard InChI is InChI=1S/C16H31N3O.2ClH/c1-19(2)15(12-6-4-3-5-7-12)11-18-16(20)13-8-9-14(17)10-13;;/h12-15H,3-11,17H2,1-2H3,(H,18,20);2*1H. The van der Waals surface area contributed by atoms with Gasteiger partial charge in [-0.1, -0.05) is 19.3 Å². The van der Waals surface area contributed by atoms with Gasteiger partial charge in [0.25, 0.3) is 0 Å². The topological polar surface area (TPSA) is 58.4 Å². The first-order valence-electron chi connectivity index (χ1n) is 8.27. The van der Waals surface area contributed by atoms with Gasteiger partial charge in [-0.25, -0.2) is 0 Å². The summed E-state index contributed by atoms with van der Waals surface area (Å²) in [4.78, 5) is 14.5. The Balaban J connectivity index is 0.00000220. The summed E-state index contributed by atoms with van der Waals surface area (Å²) in [5, 5.41) is 3.19. The van der Waals surface area contributed by atoms with Gasteiger partial charge in [-0.2, -0.15) is 0 Å². The molecule has 0 aromatic heterocycles. The van der Waals surface area contributed by atoms with Crippen LogP contribution in [-0.4, -0.2) is 43.5 Å². The number of carbonyl (C=O) groups is 1. The number of hydrogen-bond donors (Lipinski definition) is 2. The van der Waals surface area contributed by atoms with E-state index in [-0.39, 0.29) is 42.7 Å². The van der Waals surface area contributed by atoms with Crippen LogP contribution in [0.1, 0.15) is 51.4 Å². The summed E-state index contributed by atoms with van der Waals surface area (Å²) in [5.74, 6) is 1.12. The van der Waals surface area contributed by atoms with Crippen molar-refractivity contribution >= 4 is 30.7 Å². The number of hydrogen-bond acceptors (Lipinski definition) is 3. The SMILES string of the molecule is CN(C)C(CNC(=O)C1CCC(N)C1)C1CCCCC1.Cl.Cl. The molecule has 0 bridgehead atoms. The van der Waals surface area contributed by atoms with E-state index in [1.165, 1.54) is 32.1 Å². The molecule has 0 saturated heterocycles. The van der Waals surface area contributed by atoms with Crippen LogP contribution in [0.2, 0.25) is 0 Å². The third-order valence-electron chi connectivity index (χ3n) is 5.19. The predicted octanol–water partition coefficient (Wildman–Crippen LogP) is 2.58. The van der Waals surface area contributed by atoms with Gasteiger partial charge in [-0.15, -0.1) is 24.8 Å². The highest BCUT2D eigenvalue weighted by Crippen LogP contribution is 2.28. The number of nitrogens with one attached hydrogen (secondary N) is 1. The van der Waals surface area contributed by atoms with Crippen molar-refractivity contribution in [3.05, 3.63) is 0 Å². The lowest BCUT2D eigenvalue weighted by Gasteiger charge is -2.35. The summed E-state index contributed by atoms with van der Waals surface area (Å²) in [5.41, 5.74) is 5.90. The molecule has 0 radical (unpaired) electrons. The molecule has 2 rings (SSSR count). The van der Waals surface area contributed by atoms with E-state index in [1.54, 1.807) is 0 Å². The monoisotopic (exact) mass is 353 g/mol. The molecule has 2 aliphatic carbocycles. The van der Waals surface area contributed by atoms with E-state index in [2.05, 4.69) is 24.3 Å². The number of nitrogens with zero attached hydrogens (tertiary/aromatic N) is 1. The lowest BCUT2D eigenvalue weighted by Crippen LogP contribution is -2.46. The van der Waals surface area contributed by atoms with Crippen LogP contribution in [0.4, 0.5) is 0 Å². The molecule has 0 heterocycles. The van der Waals surface area contributed by atoms with Gasteiger partial charge in [0.05, 0.1) is 0 Å². The lowest BCUT2D eigenvalue weighted by molar-refractivity contribution is -0.125. The highest BCUT2D eigenvalue weighted by Gasteiger charge is 2.30. The average Bonchev–Trinajstić information content (AvgIpc) is 2.86. The summed E-state index contributed by atoms with van der Waals surface area (Å²) >= 11 is 0. The largest absolute Gasteiger partial charge is 0.354 e. The van der Waals surface area contributed by atoms with Crippen molar-refractivity contribution < 1.29 is 4.79 Å². The molecule has 3 N–H and O–H groups in total.